The summed E-state index contributed by atoms with van der Waals surface area (Å²) >= 11 is 0. The van der Waals surface area contributed by atoms with Crippen molar-refractivity contribution < 1.29 is 54.3 Å². The first-order valence-corrected chi connectivity index (χ1v) is 7.40. The molecule has 0 aromatic rings. The third-order valence-electron chi connectivity index (χ3n) is 2.96. The Bertz CT molecular complexity index is 363. The summed E-state index contributed by atoms with van der Waals surface area (Å²) < 4.78 is 20.0. The summed E-state index contributed by atoms with van der Waals surface area (Å²) in [4.78, 5) is 11.4. The van der Waals surface area contributed by atoms with Crippen molar-refractivity contribution in [2.75, 3.05) is 13.2 Å². The second-order valence-corrected chi connectivity index (χ2v) is 5.97. The molecule has 0 radical (unpaired) electrons. The van der Waals surface area contributed by atoms with E-state index in [1.54, 1.807) is 0 Å². The zero-order chi connectivity index (χ0) is 16.4. The molecule has 0 amide bonds. The molecule has 7 N–H and O–H groups in total. The summed E-state index contributed by atoms with van der Waals surface area (Å²) in [6.45, 7) is -1.60. The van der Waals surface area contributed by atoms with Crippen molar-refractivity contribution in [3.05, 3.63) is 0 Å². The van der Waals surface area contributed by atoms with Gasteiger partial charge in [0.1, 0.15) is 42.7 Å². The van der Waals surface area contributed by atoms with Gasteiger partial charge in [-0.2, -0.15) is 0 Å². The van der Waals surface area contributed by atoms with Gasteiger partial charge in [0.15, 0.2) is 0 Å². The predicted octanol–water partition coefficient (Wildman–Crippen LogP) is -4.97. The Balaban J connectivity index is 2.72. The Kier molecular flexibility index (Phi) is 6.65. The maximum atomic E-state index is 11.4. The number of rotatable bonds is 6. The summed E-state index contributed by atoms with van der Waals surface area (Å²) in [6, 6.07) is 0. The molecule has 0 aliphatic heterocycles. The van der Waals surface area contributed by atoms with Crippen LogP contribution in [0.5, 0.6) is 0 Å². The first-order valence-electron chi connectivity index (χ1n) is 5.94. The SMILES string of the molecule is O=P([O-])(OC[C@H](O)CO)OC1[C@H](O)[C@H](O)C(O)[C@H](O)[C@H]1O. The van der Waals surface area contributed by atoms with E-state index in [-0.39, 0.29) is 0 Å². The largest absolute Gasteiger partial charge is 0.756 e. The maximum Gasteiger partial charge on any atom is 0.268 e. The summed E-state index contributed by atoms with van der Waals surface area (Å²) in [6.07, 6.45) is -13.3. The van der Waals surface area contributed by atoms with Crippen LogP contribution in [0.4, 0.5) is 0 Å². The highest BCUT2D eigenvalue weighted by molar-refractivity contribution is 7.45. The highest BCUT2D eigenvalue weighted by Crippen LogP contribution is 2.43. The van der Waals surface area contributed by atoms with Gasteiger partial charge in [-0.05, 0) is 0 Å². The molecule has 0 spiro atoms. The summed E-state index contributed by atoms with van der Waals surface area (Å²) in [5.41, 5.74) is 0. The highest BCUT2D eigenvalue weighted by atomic mass is 31.2. The van der Waals surface area contributed by atoms with Crippen LogP contribution in [0, 0.1) is 0 Å². The van der Waals surface area contributed by atoms with E-state index < -0.39 is 63.8 Å². The predicted molar refractivity (Wildman–Crippen MR) is 61.6 cm³/mol. The summed E-state index contributed by atoms with van der Waals surface area (Å²) in [5, 5.41) is 64.7. The highest BCUT2D eigenvalue weighted by Gasteiger charge is 2.50. The van der Waals surface area contributed by atoms with Gasteiger partial charge in [-0.15, -0.1) is 0 Å². The van der Waals surface area contributed by atoms with Gasteiger partial charge in [0.05, 0.1) is 13.2 Å². The zero-order valence-electron chi connectivity index (χ0n) is 10.7. The van der Waals surface area contributed by atoms with Crippen molar-refractivity contribution in [3.8, 4) is 0 Å². The molecule has 0 heterocycles. The van der Waals surface area contributed by atoms with Gasteiger partial charge < -0.3 is 49.7 Å². The van der Waals surface area contributed by atoms with Crippen LogP contribution in [-0.4, -0.2) is 91.7 Å². The fraction of sp³-hybridized carbons (Fsp3) is 1.00. The monoisotopic (exact) mass is 333 g/mol. The lowest BCUT2D eigenvalue weighted by atomic mass is 9.85. The van der Waals surface area contributed by atoms with Crippen molar-refractivity contribution in [1.29, 1.82) is 0 Å². The van der Waals surface area contributed by atoms with Crippen molar-refractivity contribution in [2.24, 2.45) is 0 Å². The van der Waals surface area contributed by atoms with Crippen LogP contribution in [0.1, 0.15) is 0 Å². The second-order valence-electron chi connectivity index (χ2n) is 4.60. The molecular formula is C9H18O11P-. The minimum atomic E-state index is -5.12. The molecule has 0 bridgehead atoms. The van der Waals surface area contributed by atoms with Gasteiger partial charge in [0, 0.05) is 0 Å². The Labute approximate surface area is 119 Å². The Hall–Kier alpha value is -0.170. The van der Waals surface area contributed by atoms with Crippen LogP contribution in [-0.2, 0) is 13.6 Å². The average Bonchev–Trinajstić information content (AvgIpc) is 2.45. The quantitative estimate of drug-likeness (QED) is 0.229. The van der Waals surface area contributed by atoms with Crippen LogP contribution in [0.3, 0.4) is 0 Å². The summed E-state index contributed by atoms with van der Waals surface area (Å²) in [7, 11) is -5.12. The topological polar surface area (TPSA) is 200 Å². The van der Waals surface area contributed by atoms with Crippen LogP contribution in [0.2, 0.25) is 0 Å². The number of hydrogen-bond donors (Lipinski definition) is 7. The van der Waals surface area contributed by atoms with E-state index >= 15 is 0 Å². The van der Waals surface area contributed by atoms with Gasteiger partial charge in [-0.3, -0.25) is 4.57 Å². The second kappa shape index (κ2) is 7.40. The lowest BCUT2D eigenvalue weighted by Gasteiger charge is -2.43. The molecule has 1 aliphatic rings. The molecule has 0 aromatic heterocycles. The fourth-order valence-electron chi connectivity index (χ4n) is 1.73. The van der Waals surface area contributed by atoms with E-state index in [2.05, 4.69) is 9.05 Å². The van der Waals surface area contributed by atoms with Crippen LogP contribution >= 0.6 is 7.82 Å². The number of aliphatic hydroxyl groups is 7. The molecular weight excluding hydrogens is 315 g/mol. The Morgan fingerprint density at radius 3 is 1.86 bits per heavy atom. The molecule has 1 aliphatic carbocycles. The molecule has 1 rings (SSSR count). The molecule has 126 valence electrons. The molecule has 21 heavy (non-hydrogen) atoms. The number of phosphoric acid groups is 1. The van der Waals surface area contributed by atoms with E-state index in [1.165, 1.54) is 0 Å². The molecule has 1 saturated carbocycles. The minimum absolute atomic E-state index is 0.766. The molecule has 3 unspecified atom stereocenters. The molecule has 0 aromatic carbocycles. The van der Waals surface area contributed by atoms with Crippen LogP contribution in [0.25, 0.3) is 0 Å². The van der Waals surface area contributed by atoms with E-state index in [1.807, 2.05) is 0 Å². The van der Waals surface area contributed by atoms with E-state index in [4.69, 9.17) is 10.2 Å². The van der Waals surface area contributed by atoms with Crippen molar-refractivity contribution in [1.82, 2.24) is 0 Å². The van der Waals surface area contributed by atoms with Gasteiger partial charge in [0.25, 0.3) is 7.82 Å². The standard InChI is InChI=1S/C9H19O11P/c10-1-3(11)2-19-21(17,18)20-9-7(15)5(13)4(12)6(14)8(9)16/h3-16H,1-2H2,(H,17,18)/p-1/t3-,4?,5-,6+,7-,8-,9?/m1/s1. The van der Waals surface area contributed by atoms with Gasteiger partial charge in [-0.1, -0.05) is 0 Å². The lowest BCUT2D eigenvalue weighted by Crippen LogP contribution is -2.64. The number of aliphatic hydroxyl groups excluding tert-OH is 7. The van der Waals surface area contributed by atoms with E-state index in [0.717, 1.165) is 0 Å². The van der Waals surface area contributed by atoms with Crippen molar-refractivity contribution >= 4 is 7.82 Å². The number of hydrogen-bond acceptors (Lipinski definition) is 11. The molecule has 12 heteroatoms. The normalized spacial score (nSPS) is 41.5. The minimum Gasteiger partial charge on any atom is -0.756 e. The fourth-order valence-corrected chi connectivity index (χ4v) is 2.69. The molecule has 0 saturated heterocycles. The zero-order valence-corrected chi connectivity index (χ0v) is 11.6. The van der Waals surface area contributed by atoms with Crippen molar-refractivity contribution in [2.45, 2.75) is 42.7 Å². The van der Waals surface area contributed by atoms with E-state index in [0.29, 0.717) is 0 Å². The van der Waals surface area contributed by atoms with Crippen LogP contribution < -0.4 is 4.89 Å². The maximum absolute atomic E-state index is 11.4. The van der Waals surface area contributed by atoms with Gasteiger partial charge in [0.2, 0.25) is 0 Å². The first-order chi connectivity index (χ1) is 9.60. The average molecular weight is 333 g/mol. The first kappa shape index (κ1) is 18.9. The third kappa shape index (κ3) is 4.65. The molecule has 8 atom stereocenters. The van der Waals surface area contributed by atoms with Crippen molar-refractivity contribution in [3.63, 3.8) is 0 Å². The Morgan fingerprint density at radius 1 is 1.00 bits per heavy atom. The molecule has 11 nitrogen and oxygen atoms in total. The lowest BCUT2D eigenvalue weighted by molar-refractivity contribution is -0.261. The van der Waals surface area contributed by atoms with E-state index in [9.17, 15) is 35.0 Å². The number of phosphoric ester groups is 1. The molecule has 1 fully saturated rings. The van der Waals surface area contributed by atoms with Crippen LogP contribution in [0.15, 0.2) is 0 Å². The van der Waals surface area contributed by atoms with Gasteiger partial charge in [-0.25, -0.2) is 0 Å². The third-order valence-corrected chi connectivity index (χ3v) is 3.93. The smallest absolute Gasteiger partial charge is 0.268 e. The summed E-state index contributed by atoms with van der Waals surface area (Å²) in [5.74, 6) is 0. The van der Waals surface area contributed by atoms with Gasteiger partial charge >= 0.3 is 0 Å². The Morgan fingerprint density at radius 2 is 1.43 bits per heavy atom.